The molecule has 3 unspecified atom stereocenters. The summed E-state index contributed by atoms with van der Waals surface area (Å²) >= 11 is 0. The minimum absolute atomic E-state index is 0.173. The van der Waals surface area contributed by atoms with Gasteiger partial charge in [-0.2, -0.15) is 0 Å². The van der Waals surface area contributed by atoms with Gasteiger partial charge < -0.3 is 31.6 Å². The number of aliphatic carboxylic acids is 1. The number of carboxylic acid groups (broad SMARTS) is 1. The average molecular weight is 590 g/mol. The maximum Gasteiger partial charge on any atom is 0.374 e. The average Bonchev–Trinajstić information content (AvgIpc) is 3.34. The minimum atomic E-state index is -1.61. The molecule has 2 heterocycles. The van der Waals surface area contributed by atoms with Crippen LogP contribution in [0.25, 0.3) is 0 Å². The molecule has 2 aliphatic heterocycles. The Morgan fingerprint density at radius 1 is 1.10 bits per heavy atom. The monoisotopic (exact) mass is 589 g/mol. The first-order valence-corrected chi connectivity index (χ1v) is 14.3. The molecule has 42 heavy (non-hydrogen) atoms. The van der Waals surface area contributed by atoms with Gasteiger partial charge in [0.25, 0.3) is 5.78 Å². The zero-order chi connectivity index (χ0) is 32.5. The maximum absolute atomic E-state index is 12.3. The lowest BCUT2D eigenvalue weighted by atomic mass is 9.88. The third-order valence-electron chi connectivity index (χ3n) is 7.44. The Hall–Kier alpha value is -3.41. The second-order valence-electron chi connectivity index (χ2n) is 10.9. The van der Waals surface area contributed by atoms with Crippen molar-refractivity contribution in [2.45, 2.75) is 89.5 Å². The number of benzene rings is 1. The normalized spacial score (nSPS) is 25.1. The minimum Gasteiger partial charge on any atom is -0.475 e. The Bertz CT molecular complexity index is 973. The number of ketones is 1. The van der Waals surface area contributed by atoms with Crippen LogP contribution in [0.3, 0.4) is 0 Å². The van der Waals surface area contributed by atoms with E-state index in [4.69, 9.17) is 21.4 Å². The van der Waals surface area contributed by atoms with E-state index in [1.165, 1.54) is 43.1 Å². The van der Waals surface area contributed by atoms with E-state index in [1.807, 2.05) is 12.9 Å². The number of amides is 2. The van der Waals surface area contributed by atoms with Gasteiger partial charge in [-0.05, 0) is 70.4 Å². The molecule has 2 amide bonds. The van der Waals surface area contributed by atoms with E-state index >= 15 is 0 Å². The van der Waals surface area contributed by atoms with Crippen molar-refractivity contribution in [1.29, 1.82) is 0 Å². The lowest BCUT2D eigenvalue weighted by molar-refractivity contribution is -0.152. The van der Waals surface area contributed by atoms with Crippen LogP contribution >= 0.6 is 0 Å². The molecule has 0 aromatic heterocycles. The fraction of sp³-hybridized carbons (Fsp3) is 0.581. The van der Waals surface area contributed by atoms with Crippen LogP contribution in [0, 0.1) is 5.92 Å². The number of Topliss-reactive ketones (excluding diaryl/α,β-unsaturated/α-hetero) is 1. The lowest BCUT2D eigenvalue weighted by Crippen LogP contribution is -2.69. The first-order valence-electron chi connectivity index (χ1n) is 14.3. The number of carboxylic acids is 1. The van der Waals surface area contributed by atoms with Crippen LogP contribution in [0.1, 0.15) is 64.9 Å². The highest BCUT2D eigenvalue weighted by Gasteiger charge is 2.52. The van der Waals surface area contributed by atoms with Gasteiger partial charge >= 0.3 is 5.97 Å². The van der Waals surface area contributed by atoms with Gasteiger partial charge in [0, 0.05) is 12.6 Å². The van der Waals surface area contributed by atoms with Gasteiger partial charge in [-0.3, -0.25) is 19.3 Å². The van der Waals surface area contributed by atoms with Crippen LogP contribution in [-0.2, 0) is 30.4 Å². The number of hydrogen-bond acceptors (Lipinski definition) is 8. The second kappa shape index (κ2) is 19.7. The van der Waals surface area contributed by atoms with Crippen molar-refractivity contribution in [3.05, 3.63) is 49.1 Å². The third kappa shape index (κ3) is 12.2. The van der Waals surface area contributed by atoms with Gasteiger partial charge in [0.2, 0.25) is 11.8 Å². The van der Waals surface area contributed by atoms with E-state index < -0.39 is 35.4 Å². The van der Waals surface area contributed by atoms with Crippen molar-refractivity contribution in [3.8, 4) is 0 Å². The fourth-order valence-corrected chi connectivity index (χ4v) is 5.16. The highest BCUT2D eigenvalue weighted by Crippen LogP contribution is 2.33. The summed E-state index contributed by atoms with van der Waals surface area (Å²) in [5.74, 6) is -2.56. The van der Waals surface area contributed by atoms with E-state index in [0.717, 1.165) is 12.3 Å². The van der Waals surface area contributed by atoms with Crippen molar-refractivity contribution < 1.29 is 29.1 Å². The molecule has 1 aromatic rings. The van der Waals surface area contributed by atoms with Gasteiger partial charge in [0.15, 0.2) is 0 Å². The summed E-state index contributed by atoms with van der Waals surface area (Å²) in [4.78, 5) is 57.6. The molecule has 1 aromatic carbocycles. The summed E-state index contributed by atoms with van der Waals surface area (Å²) in [6.07, 6.45) is 7.20. The van der Waals surface area contributed by atoms with E-state index in [9.17, 15) is 19.2 Å². The molecule has 6 N–H and O–H groups in total. The van der Waals surface area contributed by atoms with Gasteiger partial charge in [-0.25, -0.2) is 4.79 Å². The van der Waals surface area contributed by atoms with E-state index in [1.54, 1.807) is 11.9 Å². The molecule has 2 saturated heterocycles. The number of fused-ring (bicyclic) bond motifs is 1. The van der Waals surface area contributed by atoms with E-state index in [-0.39, 0.29) is 12.5 Å². The van der Waals surface area contributed by atoms with Crippen LogP contribution in [0.15, 0.2) is 43.5 Å². The Kier molecular flexibility index (Phi) is 18.1. The highest BCUT2D eigenvalue weighted by molar-refractivity contribution is 6.35. The SMILES string of the molecule is C=C.C=O.CC(NC(=O)C1CCC2(N)CN(C)CC(=O)N12)C(=O)C(=O)O.CC1CCC(N)CC1.CCc1ccccc1. The molecule has 11 heteroatoms. The molecular weight excluding hydrogens is 538 g/mol. The van der Waals surface area contributed by atoms with Gasteiger partial charge in [0.1, 0.15) is 18.5 Å². The molecule has 1 saturated carbocycles. The summed E-state index contributed by atoms with van der Waals surface area (Å²) in [6, 6.07) is 9.05. The number of hydrogen-bond donors (Lipinski definition) is 4. The zero-order valence-corrected chi connectivity index (χ0v) is 25.7. The molecule has 3 aliphatic rings. The Labute approximate surface area is 250 Å². The molecule has 0 spiro atoms. The second-order valence-corrected chi connectivity index (χ2v) is 10.9. The summed E-state index contributed by atoms with van der Waals surface area (Å²) < 4.78 is 0. The Morgan fingerprint density at radius 3 is 2.10 bits per heavy atom. The van der Waals surface area contributed by atoms with Crippen LogP contribution in [0.5, 0.6) is 0 Å². The number of aryl methyl sites for hydroxylation is 1. The quantitative estimate of drug-likeness (QED) is 0.296. The molecule has 1 aliphatic carbocycles. The molecule has 3 fully saturated rings. The van der Waals surface area contributed by atoms with Gasteiger partial charge in [-0.15, -0.1) is 13.2 Å². The van der Waals surface area contributed by atoms with Crippen molar-refractivity contribution in [2.75, 3.05) is 20.1 Å². The van der Waals surface area contributed by atoms with Gasteiger partial charge in [0.05, 0.1) is 12.6 Å². The number of nitrogens with one attached hydrogen (secondary N) is 1. The summed E-state index contributed by atoms with van der Waals surface area (Å²) in [5.41, 5.74) is 12.4. The topological polar surface area (TPSA) is 176 Å². The van der Waals surface area contributed by atoms with E-state index in [2.05, 4.69) is 56.6 Å². The van der Waals surface area contributed by atoms with Crippen molar-refractivity contribution >= 4 is 30.4 Å². The Balaban J connectivity index is 0.000000685. The molecular formula is C31H51N5O6. The smallest absolute Gasteiger partial charge is 0.374 e. The van der Waals surface area contributed by atoms with E-state index in [0.29, 0.717) is 25.4 Å². The first kappa shape index (κ1) is 38.6. The molecule has 3 atom stereocenters. The zero-order valence-electron chi connectivity index (χ0n) is 25.7. The number of likely N-dealkylation sites (N-methyl/N-ethyl adjacent to an activating group) is 1. The first-order chi connectivity index (χ1) is 19.9. The summed E-state index contributed by atoms with van der Waals surface area (Å²) in [5, 5.41) is 11.0. The van der Waals surface area contributed by atoms with Crippen LogP contribution < -0.4 is 16.8 Å². The fourth-order valence-electron chi connectivity index (χ4n) is 5.16. The number of nitrogens with zero attached hydrogens (tertiary/aromatic N) is 2. The largest absolute Gasteiger partial charge is 0.475 e. The van der Waals surface area contributed by atoms with Crippen molar-refractivity contribution in [2.24, 2.45) is 17.4 Å². The number of rotatable bonds is 5. The number of carbonyl (C=O) groups excluding carboxylic acids is 4. The number of piperazine rings is 1. The molecule has 11 nitrogen and oxygen atoms in total. The van der Waals surface area contributed by atoms with Crippen molar-refractivity contribution in [1.82, 2.24) is 15.1 Å². The van der Waals surface area contributed by atoms with Crippen molar-refractivity contribution in [3.63, 3.8) is 0 Å². The van der Waals surface area contributed by atoms with Gasteiger partial charge in [-0.1, -0.05) is 44.2 Å². The summed E-state index contributed by atoms with van der Waals surface area (Å²) in [7, 11) is 1.78. The maximum atomic E-state index is 12.3. The highest BCUT2D eigenvalue weighted by atomic mass is 16.4. The predicted molar refractivity (Wildman–Crippen MR) is 164 cm³/mol. The number of carbonyl (C=O) groups is 5. The number of nitrogens with two attached hydrogens (primary N) is 2. The third-order valence-corrected chi connectivity index (χ3v) is 7.44. The molecule has 236 valence electrons. The Morgan fingerprint density at radius 2 is 1.64 bits per heavy atom. The van der Waals surface area contributed by atoms with Crippen LogP contribution in [0.2, 0.25) is 0 Å². The molecule has 4 rings (SSSR count). The van der Waals surface area contributed by atoms with Crippen LogP contribution in [0.4, 0.5) is 0 Å². The standard InChI is InChI=1S/C13H20N4O5.C8H10.C7H15N.C2H4.CH2O/c1-7(10(19)12(21)22)15-11(20)8-3-4-13(14)6-16(2)5-9(18)17(8)13;1-2-8-6-4-3-5-7-8;1-6-2-4-7(8)5-3-6;2*1-2/h7-8H,3-6,14H2,1-2H3,(H,15,20)(H,21,22);3-7H,2H2,1H3;6-7H,2-5,8H2,1H3;1-2H2;1H2. The summed E-state index contributed by atoms with van der Waals surface area (Å²) in [6.45, 7) is 14.4. The lowest BCUT2D eigenvalue weighted by Gasteiger charge is -2.44. The van der Waals surface area contributed by atoms with Crippen LogP contribution in [-0.4, -0.2) is 89.2 Å². The molecule has 0 radical (unpaired) electrons. The predicted octanol–water partition coefficient (Wildman–Crippen LogP) is 2.13. The molecule has 0 bridgehead atoms.